The van der Waals surface area contributed by atoms with E-state index in [2.05, 4.69) is 15.0 Å². The van der Waals surface area contributed by atoms with Crippen molar-refractivity contribution in [1.82, 2.24) is 15.0 Å². The number of methoxy groups -OCH3 is 1. The lowest BCUT2D eigenvalue weighted by atomic mass is 10.0. The van der Waals surface area contributed by atoms with Crippen LogP contribution >= 0.6 is 0 Å². The summed E-state index contributed by atoms with van der Waals surface area (Å²) in [5.74, 6) is 1.82. The highest BCUT2D eigenvalue weighted by Crippen LogP contribution is 2.34. The lowest BCUT2D eigenvalue weighted by Gasteiger charge is -2.23. The molecule has 7 heteroatoms. The van der Waals surface area contributed by atoms with Gasteiger partial charge < -0.3 is 18.8 Å². The standard InChI is InChI=1S/C18H19N3O4/c1-23-15-4-2-3-12(7-15)16-8-14(22)9-21(16)10-17-19-18(20-25-17)13-5-6-24-11-13/h2-7,11,14,16,22H,8-10H2,1H3. The molecule has 2 aromatic heterocycles. The van der Waals surface area contributed by atoms with Crippen molar-refractivity contribution in [2.75, 3.05) is 13.7 Å². The number of furan rings is 1. The summed E-state index contributed by atoms with van der Waals surface area (Å²) in [7, 11) is 1.65. The number of aliphatic hydroxyl groups is 1. The lowest BCUT2D eigenvalue weighted by Crippen LogP contribution is -2.24. The third-order valence-corrected chi connectivity index (χ3v) is 4.45. The number of likely N-dealkylation sites (tertiary alicyclic amines) is 1. The predicted octanol–water partition coefficient (Wildman–Crippen LogP) is 2.65. The van der Waals surface area contributed by atoms with E-state index < -0.39 is 0 Å². The normalized spacial score (nSPS) is 20.9. The molecule has 1 fully saturated rings. The van der Waals surface area contributed by atoms with Crippen LogP contribution in [0.15, 0.2) is 51.8 Å². The highest BCUT2D eigenvalue weighted by molar-refractivity contribution is 5.51. The molecule has 1 aromatic carbocycles. The number of rotatable bonds is 5. The quantitative estimate of drug-likeness (QED) is 0.763. The van der Waals surface area contributed by atoms with Gasteiger partial charge in [-0.1, -0.05) is 17.3 Å². The minimum absolute atomic E-state index is 0.0781. The van der Waals surface area contributed by atoms with E-state index in [1.165, 1.54) is 0 Å². The molecule has 25 heavy (non-hydrogen) atoms. The second-order valence-corrected chi connectivity index (χ2v) is 6.14. The fraction of sp³-hybridized carbons (Fsp3) is 0.333. The van der Waals surface area contributed by atoms with Crippen molar-refractivity contribution in [2.45, 2.75) is 25.1 Å². The summed E-state index contributed by atoms with van der Waals surface area (Å²) in [6, 6.07) is 9.78. The molecule has 0 aliphatic carbocycles. The smallest absolute Gasteiger partial charge is 0.241 e. The van der Waals surface area contributed by atoms with E-state index in [0.717, 1.165) is 16.9 Å². The Labute approximate surface area is 144 Å². The molecule has 3 heterocycles. The van der Waals surface area contributed by atoms with E-state index in [4.69, 9.17) is 13.7 Å². The Balaban J connectivity index is 1.54. The van der Waals surface area contributed by atoms with Crippen molar-refractivity contribution in [3.63, 3.8) is 0 Å². The Kier molecular flexibility index (Phi) is 4.25. The number of aromatic nitrogens is 2. The predicted molar refractivity (Wildman–Crippen MR) is 88.8 cm³/mol. The second-order valence-electron chi connectivity index (χ2n) is 6.14. The van der Waals surface area contributed by atoms with Gasteiger partial charge in [-0.15, -0.1) is 0 Å². The molecule has 0 radical (unpaired) electrons. The SMILES string of the molecule is COc1cccc(C2CC(O)CN2Cc2nc(-c3ccoc3)no2)c1. The van der Waals surface area contributed by atoms with Crippen molar-refractivity contribution in [1.29, 1.82) is 0 Å². The zero-order valence-electron chi connectivity index (χ0n) is 13.8. The minimum atomic E-state index is -0.382. The van der Waals surface area contributed by atoms with Crippen molar-refractivity contribution in [3.05, 3.63) is 54.3 Å². The van der Waals surface area contributed by atoms with Gasteiger partial charge in [0.25, 0.3) is 0 Å². The van der Waals surface area contributed by atoms with Gasteiger partial charge in [0.05, 0.1) is 31.6 Å². The third kappa shape index (κ3) is 3.29. The number of ether oxygens (including phenoxy) is 1. The Morgan fingerprint density at radius 1 is 1.36 bits per heavy atom. The Morgan fingerprint density at radius 3 is 3.08 bits per heavy atom. The Bertz CT molecular complexity index is 830. The monoisotopic (exact) mass is 341 g/mol. The highest BCUT2D eigenvalue weighted by atomic mass is 16.5. The summed E-state index contributed by atoms with van der Waals surface area (Å²) in [4.78, 5) is 6.56. The molecule has 0 amide bonds. The summed E-state index contributed by atoms with van der Waals surface area (Å²) in [6.45, 7) is 1.04. The summed E-state index contributed by atoms with van der Waals surface area (Å²) in [5.41, 5.74) is 1.88. The highest BCUT2D eigenvalue weighted by Gasteiger charge is 2.33. The van der Waals surface area contributed by atoms with Crippen LogP contribution in [0.5, 0.6) is 5.75 Å². The number of hydrogen-bond acceptors (Lipinski definition) is 7. The van der Waals surface area contributed by atoms with Crippen molar-refractivity contribution in [3.8, 4) is 17.1 Å². The van der Waals surface area contributed by atoms with Gasteiger partial charge in [0.1, 0.15) is 12.0 Å². The molecule has 7 nitrogen and oxygen atoms in total. The Hall–Kier alpha value is -2.64. The molecule has 1 saturated heterocycles. The first-order chi connectivity index (χ1) is 12.2. The fourth-order valence-corrected chi connectivity index (χ4v) is 3.25. The number of aliphatic hydroxyl groups excluding tert-OH is 1. The largest absolute Gasteiger partial charge is 0.497 e. The van der Waals surface area contributed by atoms with Crippen LogP contribution < -0.4 is 4.74 Å². The number of benzene rings is 1. The Morgan fingerprint density at radius 2 is 2.28 bits per heavy atom. The van der Waals surface area contributed by atoms with Gasteiger partial charge in [0.15, 0.2) is 0 Å². The molecule has 0 bridgehead atoms. The van der Waals surface area contributed by atoms with Crippen molar-refractivity contribution in [2.24, 2.45) is 0 Å². The molecular formula is C18H19N3O4. The topological polar surface area (TPSA) is 84.8 Å². The van der Waals surface area contributed by atoms with E-state index in [1.807, 2.05) is 24.3 Å². The molecule has 1 aliphatic heterocycles. The summed E-state index contributed by atoms with van der Waals surface area (Å²) < 4.78 is 15.7. The molecule has 1 N–H and O–H groups in total. The maximum Gasteiger partial charge on any atom is 0.241 e. The average Bonchev–Trinajstić information content (AvgIpc) is 3.36. The van der Waals surface area contributed by atoms with Gasteiger partial charge in [0, 0.05) is 12.6 Å². The van der Waals surface area contributed by atoms with Crippen LogP contribution in [-0.4, -0.2) is 39.9 Å². The van der Waals surface area contributed by atoms with Crippen LogP contribution in [0.2, 0.25) is 0 Å². The molecule has 0 saturated carbocycles. The molecule has 3 aromatic rings. The van der Waals surface area contributed by atoms with Crippen LogP contribution in [0.3, 0.4) is 0 Å². The van der Waals surface area contributed by atoms with Gasteiger partial charge in [-0.05, 0) is 30.2 Å². The first kappa shape index (κ1) is 15.9. The second kappa shape index (κ2) is 6.70. The molecular weight excluding hydrogens is 322 g/mol. The van der Waals surface area contributed by atoms with Gasteiger partial charge in [0.2, 0.25) is 11.7 Å². The maximum absolute atomic E-state index is 10.1. The zero-order chi connectivity index (χ0) is 17.2. The van der Waals surface area contributed by atoms with E-state index in [1.54, 1.807) is 25.7 Å². The average molecular weight is 341 g/mol. The maximum atomic E-state index is 10.1. The number of β-amino-alcohol motifs (C(OH)–C–C–N with tert-alkyl or cyclic N) is 1. The first-order valence-electron chi connectivity index (χ1n) is 8.14. The van der Waals surface area contributed by atoms with Crippen LogP contribution in [0.25, 0.3) is 11.4 Å². The first-order valence-corrected chi connectivity index (χ1v) is 8.14. The fourth-order valence-electron chi connectivity index (χ4n) is 3.25. The van der Waals surface area contributed by atoms with E-state index in [-0.39, 0.29) is 12.1 Å². The molecule has 4 rings (SSSR count). The van der Waals surface area contributed by atoms with Gasteiger partial charge in [-0.25, -0.2) is 0 Å². The number of nitrogens with zero attached hydrogens (tertiary/aromatic N) is 3. The molecule has 0 spiro atoms. The molecule has 130 valence electrons. The van der Waals surface area contributed by atoms with E-state index in [9.17, 15) is 5.11 Å². The lowest BCUT2D eigenvalue weighted by molar-refractivity contribution is 0.164. The molecule has 2 atom stereocenters. The van der Waals surface area contributed by atoms with Gasteiger partial charge in [-0.3, -0.25) is 4.90 Å². The van der Waals surface area contributed by atoms with Crippen LogP contribution in [0.4, 0.5) is 0 Å². The van der Waals surface area contributed by atoms with E-state index in [0.29, 0.717) is 31.2 Å². The van der Waals surface area contributed by atoms with Crippen molar-refractivity contribution < 1.29 is 18.8 Å². The van der Waals surface area contributed by atoms with Crippen LogP contribution in [-0.2, 0) is 6.54 Å². The van der Waals surface area contributed by atoms with Crippen LogP contribution in [0, 0.1) is 0 Å². The van der Waals surface area contributed by atoms with E-state index >= 15 is 0 Å². The summed E-state index contributed by atoms with van der Waals surface area (Å²) in [5, 5.41) is 14.1. The molecule has 2 unspecified atom stereocenters. The van der Waals surface area contributed by atoms with Gasteiger partial charge >= 0.3 is 0 Å². The number of hydrogen-bond donors (Lipinski definition) is 1. The molecule has 1 aliphatic rings. The van der Waals surface area contributed by atoms with Crippen molar-refractivity contribution >= 4 is 0 Å². The minimum Gasteiger partial charge on any atom is -0.497 e. The third-order valence-electron chi connectivity index (χ3n) is 4.45. The zero-order valence-corrected chi connectivity index (χ0v) is 13.8. The summed E-state index contributed by atoms with van der Waals surface area (Å²) in [6.07, 6.45) is 3.43. The van der Waals surface area contributed by atoms with Gasteiger partial charge in [-0.2, -0.15) is 4.98 Å². The van der Waals surface area contributed by atoms with Crippen LogP contribution in [0.1, 0.15) is 23.9 Å². The summed E-state index contributed by atoms with van der Waals surface area (Å²) >= 11 is 0.